The van der Waals surface area contributed by atoms with Crippen LogP contribution in [0.1, 0.15) is 33.5 Å². The summed E-state index contributed by atoms with van der Waals surface area (Å²) in [5.74, 6) is 0.322. The first-order chi connectivity index (χ1) is 5.68. The third-order valence-electron chi connectivity index (χ3n) is 2.46. The van der Waals surface area contributed by atoms with E-state index in [0.29, 0.717) is 12.2 Å². The molecular weight excluding hydrogens is 148 g/mol. The van der Waals surface area contributed by atoms with Crippen LogP contribution in [0.3, 0.4) is 0 Å². The number of carbonyl (C=O) groups excluding carboxylic acids is 1. The van der Waals surface area contributed by atoms with Crippen LogP contribution in [0, 0.1) is 13.8 Å². The van der Waals surface area contributed by atoms with Gasteiger partial charge in [0.25, 0.3) is 0 Å². The second kappa shape index (κ2) is 2.44. The van der Waals surface area contributed by atoms with E-state index in [9.17, 15) is 4.79 Å². The van der Waals surface area contributed by atoms with E-state index in [2.05, 4.69) is 19.1 Å². The van der Waals surface area contributed by atoms with Gasteiger partial charge in [0.1, 0.15) is 0 Å². The molecule has 1 aliphatic carbocycles. The van der Waals surface area contributed by atoms with Crippen molar-refractivity contribution in [3.05, 3.63) is 34.4 Å². The van der Waals surface area contributed by atoms with Crippen molar-refractivity contribution in [1.82, 2.24) is 0 Å². The van der Waals surface area contributed by atoms with Gasteiger partial charge in [0.2, 0.25) is 0 Å². The first-order valence-electron chi connectivity index (χ1n) is 4.32. The largest absolute Gasteiger partial charge is 0.294 e. The second-order valence-corrected chi connectivity index (χ2v) is 3.54. The van der Waals surface area contributed by atoms with Crippen molar-refractivity contribution in [1.29, 1.82) is 0 Å². The van der Waals surface area contributed by atoms with E-state index in [1.165, 1.54) is 11.1 Å². The van der Waals surface area contributed by atoms with E-state index < -0.39 is 0 Å². The zero-order valence-electron chi connectivity index (χ0n) is 7.48. The van der Waals surface area contributed by atoms with E-state index in [1.807, 2.05) is 6.92 Å². The van der Waals surface area contributed by atoms with Crippen LogP contribution in [0.25, 0.3) is 0 Å². The van der Waals surface area contributed by atoms with Crippen LogP contribution >= 0.6 is 0 Å². The summed E-state index contributed by atoms with van der Waals surface area (Å²) in [6, 6.07) is 4.22. The molecule has 12 heavy (non-hydrogen) atoms. The number of benzene rings is 1. The molecule has 0 atom stereocenters. The molecule has 62 valence electrons. The van der Waals surface area contributed by atoms with Crippen molar-refractivity contribution in [3.8, 4) is 0 Å². The molecule has 0 amide bonds. The smallest absolute Gasteiger partial charge is 0.163 e. The van der Waals surface area contributed by atoms with Crippen molar-refractivity contribution in [2.24, 2.45) is 0 Å². The van der Waals surface area contributed by atoms with Crippen molar-refractivity contribution in [3.63, 3.8) is 0 Å². The lowest BCUT2D eigenvalue weighted by atomic mass is 10.0. The van der Waals surface area contributed by atoms with Gasteiger partial charge in [0.15, 0.2) is 5.78 Å². The molecule has 1 aliphatic rings. The SMILES string of the molecule is Cc1cc(C)c2c(c1)CCC2=O. The minimum Gasteiger partial charge on any atom is -0.294 e. The fourth-order valence-electron chi connectivity index (χ4n) is 2.02. The van der Waals surface area contributed by atoms with Gasteiger partial charge in [-0.15, -0.1) is 0 Å². The second-order valence-electron chi connectivity index (χ2n) is 3.54. The first-order valence-corrected chi connectivity index (χ1v) is 4.32. The Kier molecular flexibility index (Phi) is 1.53. The van der Waals surface area contributed by atoms with Crippen molar-refractivity contribution in [2.45, 2.75) is 26.7 Å². The van der Waals surface area contributed by atoms with E-state index in [0.717, 1.165) is 17.5 Å². The number of ketones is 1. The van der Waals surface area contributed by atoms with Gasteiger partial charge in [0.05, 0.1) is 0 Å². The first kappa shape index (κ1) is 7.53. The summed E-state index contributed by atoms with van der Waals surface area (Å²) in [7, 11) is 0. The molecule has 0 spiro atoms. The molecule has 0 saturated heterocycles. The van der Waals surface area contributed by atoms with Crippen LogP contribution in [0.5, 0.6) is 0 Å². The maximum Gasteiger partial charge on any atom is 0.163 e. The summed E-state index contributed by atoms with van der Waals surface area (Å²) in [6.45, 7) is 4.10. The van der Waals surface area contributed by atoms with Crippen LogP contribution in [0.2, 0.25) is 0 Å². The molecule has 1 nitrogen and oxygen atoms in total. The molecule has 1 aromatic carbocycles. The van der Waals surface area contributed by atoms with E-state index >= 15 is 0 Å². The number of carbonyl (C=O) groups is 1. The van der Waals surface area contributed by atoms with Crippen LogP contribution in [-0.2, 0) is 6.42 Å². The van der Waals surface area contributed by atoms with Crippen LogP contribution in [0.15, 0.2) is 12.1 Å². The minimum atomic E-state index is 0.322. The Morgan fingerprint density at radius 2 is 1.92 bits per heavy atom. The molecule has 0 heterocycles. The number of Topliss-reactive ketones (excluding diaryl/α,β-unsaturated/α-hetero) is 1. The average Bonchev–Trinajstić information content (AvgIpc) is 2.31. The highest BCUT2D eigenvalue weighted by atomic mass is 16.1. The highest BCUT2D eigenvalue weighted by Gasteiger charge is 2.21. The molecule has 0 aliphatic heterocycles. The molecule has 2 rings (SSSR count). The van der Waals surface area contributed by atoms with Crippen molar-refractivity contribution in [2.75, 3.05) is 0 Å². The number of fused-ring (bicyclic) bond motifs is 1. The Morgan fingerprint density at radius 3 is 2.67 bits per heavy atom. The molecular formula is C11H12O. The number of hydrogen-bond acceptors (Lipinski definition) is 1. The summed E-state index contributed by atoms with van der Waals surface area (Å²) in [5, 5.41) is 0. The van der Waals surface area contributed by atoms with Gasteiger partial charge in [-0.05, 0) is 31.4 Å². The molecule has 0 radical (unpaired) electrons. The summed E-state index contributed by atoms with van der Waals surface area (Å²) in [6.07, 6.45) is 1.65. The average molecular weight is 160 g/mol. The lowest BCUT2D eigenvalue weighted by Crippen LogP contribution is -1.95. The third kappa shape index (κ3) is 0.970. The van der Waals surface area contributed by atoms with Gasteiger partial charge in [-0.1, -0.05) is 17.7 Å². The predicted molar refractivity (Wildman–Crippen MR) is 48.6 cm³/mol. The summed E-state index contributed by atoms with van der Waals surface area (Å²) >= 11 is 0. The lowest BCUT2D eigenvalue weighted by Gasteiger charge is -2.03. The Morgan fingerprint density at radius 1 is 1.17 bits per heavy atom. The van der Waals surface area contributed by atoms with Crippen molar-refractivity contribution >= 4 is 5.78 Å². The third-order valence-corrected chi connectivity index (χ3v) is 2.46. The fourth-order valence-corrected chi connectivity index (χ4v) is 2.02. The molecule has 1 heteroatoms. The van der Waals surface area contributed by atoms with Gasteiger partial charge in [-0.3, -0.25) is 4.79 Å². The van der Waals surface area contributed by atoms with E-state index in [1.54, 1.807) is 0 Å². The van der Waals surface area contributed by atoms with Gasteiger partial charge < -0.3 is 0 Å². The van der Waals surface area contributed by atoms with Gasteiger partial charge >= 0.3 is 0 Å². The maximum absolute atomic E-state index is 11.4. The zero-order chi connectivity index (χ0) is 8.72. The monoisotopic (exact) mass is 160 g/mol. The number of hydrogen-bond donors (Lipinski definition) is 0. The highest BCUT2D eigenvalue weighted by molar-refractivity contribution is 6.01. The number of aryl methyl sites for hydroxylation is 3. The molecule has 0 bridgehead atoms. The minimum absolute atomic E-state index is 0.322. The molecule has 0 N–H and O–H groups in total. The lowest BCUT2D eigenvalue weighted by molar-refractivity contribution is 0.0994. The van der Waals surface area contributed by atoms with Crippen LogP contribution < -0.4 is 0 Å². The summed E-state index contributed by atoms with van der Waals surface area (Å²) in [4.78, 5) is 11.4. The Bertz CT molecular complexity index is 350. The fraction of sp³-hybridized carbons (Fsp3) is 0.364. The van der Waals surface area contributed by atoms with E-state index in [4.69, 9.17) is 0 Å². The normalized spacial score (nSPS) is 15.0. The highest BCUT2D eigenvalue weighted by Crippen LogP contribution is 2.26. The zero-order valence-corrected chi connectivity index (χ0v) is 7.48. The summed E-state index contributed by atoms with van der Waals surface area (Å²) in [5.41, 5.74) is 4.64. The van der Waals surface area contributed by atoms with Gasteiger partial charge in [-0.2, -0.15) is 0 Å². The number of rotatable bonds is 0. The Hall–Kier alpha value is -1.11. The molecule has 0 fully saturated rings. The van der Waals surface area contributed by atoms with Crippen LogP contribution in [-0.4, -0.2) is 5.78 Å². The maximum atomic E-state index is 11.4. The van der Waals surface area contributed by atoms with Gasteiger partial charge in [-0.25, -0.2) is 0 Å². The van der Waals surface area contributed by atoms with E-state index in [-0.39, 0.29) is 0 Å². The quantitative estimate of drug-likeness (QED) is 0.569. The van der Waals surface area contributed by atoms with Crippen LogP contribution in [0.4, 0.5) is 0 Å². The predicted octanol–water partition coefficient (Wildman–Crippen LogP) is 2.43. The topological polar surface area (TPSA) is 17.1 Å². The molecule has 0 unspecified atom stereocenters. The Balaban J connectivity index is 2.68. The summed E-state index contributed by atoms with van der Waals surface area (Å²) < 4.78 is 0. The molecule has 1 aromatic rings. The van der Waals surface area contributed by atoms with Gasteiger partial charge in [0, 0.05) is 12.0 Å². The Labute approximate surface area is 72.4 Å². The molecule has 0 saturated carbocycles. The molecule has 0 aromatic heterocycles. The van der Waals surface area contributed by atoms with Crippen molar-refractivity contribution < 1.29 is 4.79 Å². The standard InChI is InChI=1S/C11H12O/c1-7-5-8(2)11-9(6-7)3-4-10(11)12/h5-6H,3-4H2,1-2H3.